The first-order valence-electron chi connectivity index (χ1n) is 8.02. The van der Waals surface area contributed by atoms with Gasteiger partial charge < -0.3 is 10.1 Å². The number of carbonyl (C=O) groups is 2. The van der Waals surface area contributed by atoms with Gasteiger partial charge in [-0.25, -0.2) is 15.0 Å². The summed E-state index contributed by atoms with van der Waals surface area (Å²) in [6.45, 7) is 1.93. The number of hydrogen-bond donors (Lipinski definition) is 2. The van der Waals surface area contributed by atoms with Crippen LogP contribution in [0.15, 0.2) is 42.0 Å². The number of thiazole rings is 1. The number of ether oxygens (including phenoxy) is 1. The Morgan fingerprint density at radius 2 is 1.96 bits per heavy atom. The average Bonchev–Trinajstić information content (AvgIpc) is 3.09. The lowest BCUT2D eigenvalue weighted by Gasteiger charge is -2.10. The zero-order chi connectivity index (χ0) is 19.2. The summed E-state index contributed by atoms with van der Waals surface area (Å²) in [5.41, 5.74) is 2.16. The average molecular weight is 383 g/mol. The molecule has 0 saturated carbocycles. The molecule has 2 heterocycles. The zero-order valence-electron chi connectivity index (χ0n) is 14.7. The number of nitrogens with one attached hydrogen (secondary N) is 2. The maximum atomic E-state index is 12.3. The van der Waals surface area contributed by atoms with Crippen molar-refractivity contribution < 1.29 is 14.3 Å². The van der Waals surface area contributed by atoms with Crippen LogP contribution in [-0.4, -0.2) is 33.9 Å². The third kappa shape index (κ3) is 4.85. The van der Waals surface area contributed by atoms with E-state index in [-0.39, 0.29) is 18.2 Å². The van der Waals surface area contributed by atoms with Crippen LogP contribution in [0.4, 0.5) is 10.8 Å². The van der Waals surface area contributed by atoms with Crippen molar-refractivity contribution in [2.24, 2.45) is 0 Å². The quantitative estimate of drug-likeness (QED) is 0.678. The van der Waals surface area contributed by atoms with Crippen LogP contribution in [0.25, 0.3) is 0 Å². The number of amides is 2. The lowest BCUT2D eigenvalue weighted by atomic mass is 10.2. The highest BCUT2D eigenvalue weighted by Gasteiger charge is 2.14. The van der Waals surface area contributed by atoms with E-state index in [1.807, 2.05) is 19.1 Å². The van der Waals surface area contributed by atoms with Gasteiger partial charge in [0, 0.05) is 17.8 Å². The molecule has 0 bridgehead atoms. The zero-order valence-corrected chi connectivity index (χ0v) is 15.5. The summed E-state index contributed by atoms with van der Waals surface area (Å²) in [7, 11) is 1.55. The second-order valence-electron chi connectivity index (χ2n) is 5.60. The lowest BCUT2D eigenvalue weighted by Crippen LogP contribution is -2.16. The molecule has 0 atom stereocenters. The van der Waals surface area contributed by atoms with Gasteiger partial charge in [0.05, 0.1) is 24.9 Å². The maximum absolute atomic E-state index is 12.3. The molecule has 2 N–H and O–H groups in total. The Morgan fingerprint density at radius 3 is 2.70 bits per heavy atom. The minimum atomic E-state index is -0.453. The van der Waals surface area contributed by atoms with Crippen molar-refractivity contribution in [2.45, 2.75) is 13.3 Å². The molecule has 0 aliphatic rings. The van der Waals surface area contributed by atoms with Gasteiger partial charge in [0.1, 0.15) is 5.75 Å². The van der Waals surface area contributed by atoms with Crippen LogP contribution in [0.1, 0.15) is 21.9 Å². The minimum absolute atomic E-state index is 0.0542. The van der Waals surface area contributed by atoms with Crippen LogP contribution in [0.2, 0.25) is 0 Å². The van der Waals surface area contributed by atoms with Crippen molar-refractivity contribution in [3.8, 4) is 5.75 Å². The van der Waals surface area contributed by atoms with Crippen molar-refractivity contribution in [1.29, 1.82) is 0 Å². The molecule has 27 heavy (non-hydrogen) atoms. The number of rotatable bonds is 6. The Hall–Kier alpha value is -3.33. The summed E-state index contributed by atoms with van der Waals surface area (Å²) in [6, 6.07) is 7.16. The highest BCUT2D eigenvalue weighted by atomic mass is 32.1. The third-order valence-corrected chi connectivity index (χ3v) is 4.32. The van der Waals surface area contributed by atoms with Crippen LogP contribution in [-0.2, 0) is 11.2 Å². The number of aryl methyl sites for hydroxylation is 1. The molecule has 138 valence electrons. The number of anilines is 2. The summed E-state index contributed by atoms with van der Waals surface area (Å²) >= 11 is 1.23. The van der Waals surface area contributed by atoms with E-state index in [4.69, 9.17) is 4.74 Å². The Bertz CT molecular complexity index is 959. The molecule has 2 amide bonds. The predicted molar refractivity (Wildman–Crippen MR) is 102 cm³/mol. The number of carbonyl (C=O) groups excluding carboxylic acids is 2. The van der Waals surface area contributed by atoms with E-state index in [0.29, 0.717) is 22.3 Å². The first kappa shape index (κ1) is 18.5. The third-order valence-electron chi connectivity index (χ3n) is 3.51. The molecule has 9 heteroatoms. The molecule has 0 aliphatic heterocycles. The molecule has 3 aromatic rings. The molecule has 0 spiro atoms. The van der Waals surface area contributed by atoms with Gasteiger partial charge in [-0.05, 0) is 30.7 Å². The van der Waals surface area contributed by atoms with E-state index in [1.165, 1.54) is 23.7 Å². The van der Waals surface area contributed by atoms with E-state index < -0.39 is 5.91 Å². The van der Waals surface area contributed by atoms with Gasteiger partial charge in [0.15, 0.2) is 5.13 Å². The van der Waals surface area contributed by atoms with Crippen molar-refractivity contribution in [3.05, 3.63) is 59.1 Å². The normalized spacial score (nSPS) is 10.3. The SMILES string of the molecule is COc1ccc(C)cc1NC(=O)Cc1csc(NC(=O)c2ncccn2)n1. The fourth-order valence-electron chi connectivity index (χ4n) is 2.29. The molecule has 0 unspecified atom stereocenters. The van der Waals surface area contributed by atoms with Crippen molar-refractivity contribution in [1.82, 2.24) is 15.0 Å². The Labute approximate surface area is 159 Å². The van der Waals surface area contributed by atoms with E-state index in [9.17, 15) is 9.59 Å². The molecule has 0 radical (unpaired) electrons. The molecule has 8 nitrogen and oxygen atoms in total. The Balaban J connectivity index is 1.61. The van der Waals surface area contributed by atoms with Gasteiger partial charge in [0.25, 0.3) is 5.91 Å². The number of aromatic nitrogens is 3. The van der Waals surface area contributed by atoms with E-state index in [2.05, 4.69) is 25.6 Å². The highest BCUT2D eigenvalue weighted by molar-refractivity contribution is 7.14. The van der Waals surface area contributed by atoms with Gasteiger partial charge in [-0.1, -0.05) is 6.07 Å². The summed E-state index contributed by atoms with van der Waals surface area (Å²) in [6.07, 6.45) is 3.05. The summed E-state index contributed by atoms with van der Waals surface area (Å²) in [5, 5.41) is 7.53. The summed E-state index contributed by atoms with van der Waals surface area (Å²) < 4.78 is 5.25. The topological polar surface area (TPSA) is 106 Å². The maximum Gasteiger partial charge on any atom is 0.295 e. The predicted octanol–water partition coefficient (Wildman–Crippen LogP) is 2.68. The highest BCUT2D eigenvalue weighted by Crippen LogP contribution is 2.25. The largest absolute Gasteiger partial charge is 0.495 e. The number of benzene rings is 1. The van der Waals surface area contributed by atoms with Crippen molar-refractivity contribution in [3.63, 3.8) is 0 Å². The number of nitrogens with zero attached hydrogens (tertiary/aromatic N) is 3. The van der Waals surface area contributed by atoms with Crippen LogP contribution in [0.3, 0.4) is 0 Å². The molecule has 3 rings (SSSR count). The molecule has 0 aliphatic carbocycles. The van der Waals surface area contributed by atoms with Crippen LogP contribution >= 0.6 is 11.3 Å². The minimum Gasteiger partial charge on any atom is -0.495 e. The molecule has 0 fully saturated rings. The first-order chi connectivity index (χ1) is 13.0. The fourth-order valence-corrected chi connectivity index (χ4v) is 3.00. The lowest BCUT2D eigenvalue weighted by molar-refractivity contribution is -0.115. The molecular weight excluding hydrogens is 366 g/mol. The van der Waals surface area contributed by atoms with Crippen molar-refractivity contribution >= 4 is 34.0 Å². The standard InChI is InChI=1S/C18H17N5O3S/c1-11-4-5-14(26-2)13(8-11)22-15(24)9-12-10-27-18(21-12)23-17(25)16-19-6-3-7-20-16/h3-8,10H,9H2,1-2H3,(H,22,24)(H,21,23,25). The van der Waals surface area contributed by atoms with E-state index in [0.717, 1.165) is 5.56 Å². The van der Waals surface area contributed by atoms with E-state index >= 15 is 0 Å². The van der Waals surface area contributed by atoms with Crippen LogP contribution < -0.4 is 15.4 Å². The molecule has 0 saturated heterocycles. The second kappa shape index (κ2) is 8.37. The van der Waals surface area contributed by atoms with Crippen molar-refractivity contribution in [2.75, 3.05) is 17.7 Å². The van der Waals surface area contributed by atoms with Crippen LogP contribution in [0, 0.1) is 6.92 Å². The van der Waals surface area contributed by atoms with Gasteiger partial charge in [-0.15, -0.1) is 11.3 Å². The summed E-state index contributed by atoms with van der Waals surface area (Å²) in [5.74, 6) is -0.0412. The van der Waals surface area contributed by atoms with Gasteiger partial charge in [-0.2, -0.15) is 0 Å². The Kier molecular flexibility index (Phi) is 5.72. The van der Waals surface area contributed by atoms with Gasteiger partial charge in [-0.3, -0.25) is 14.9 Å². The van der Waals surface area contributed by atoms with E-state index in [1.54, 1.807) is 24.6 Å². The molecule has 1 aromatic carbocycles. The molecular formula is C18H17N5O3S. The summed E-state index contributed by atoms with van der Waals surface area (Å²) in [4.78, 5) is 36.3. The fraction of sp³-hybridized carbons (Fsp3) is 0.167. The smallest absolute Gasteiger partial charge is 0.295 e. The Morgan fingerprint density at radius 1 is 1.19 bits per heavy atom. The number of methoxy groups -OCH3 is 1. The second-order valence-corrected chi connectivity index (χ2v) is 6.46. The van der Waals surface area contributed by atoms with Crippen LogP contribution in [0.5, 0.6) is 5.75 Å². The van der Waals surface area contributed by atoms with Gasteiger partial charge >= 0.3 is 0 Å². The van der Waals surface area contributed by atoms with Gasteiger partial charge in [0.2, 0.25) is 11.7 Å². The monoisotopic (exact) mass is 383 g/mol. The molecule has 2 aromatic heterocycles. The first-order valence-corrected chi connectivity index (χ1v) is 8.90. The number of hydrogen-bond acceptors (Lipinski definition) is 7.